The Labute approximate surface area is 227 Å². The molecule has 2 aliphatic rings. The van der Waals surface area contributed by atoms with Crippen molar-refractivity contribution in [1.29, 1.82) is 0 Å². The highest BCUT2D eigenvalue weighted by Gasteiger charge is 2.44. The highest BCUT2D eigenvalue weighted by Crippen LogP contribution is 2.35. The summed E-state index contributed by atoms with van der Waals surface area (Å²) in [4.78, 5) is 13.7. The fraction of sp³-hybridized carbons (Fsp3) is 0.444. The zero-order valence-corrected chi connectivity index (χ0v) is 21.4. The molecule has 13 heteroatoms. The Hall–Kier alpha value is -3.27. The summed E-state index contributed by atoms with van der Waals surface area (Å²) in [7, 11) is 0. The Morgan fingerprint density at radius 2 is 1.27 bits per heavy atom. The van der Waals surface area contributed by atoms with Crippen LogP contribution < -0.4 is 14.9 Å². The number of ether oxygens (including phenoxy) is 4. The first-order chi connectivity index (χ1) is 19.0. The zero-order chi connectivity index (χ0) is 28.9. The quantitative estimate of drug-likeness (QED) is 0.211. The Kier molecular flexibility index (Phi) is 7.74. The van der Waals surface area contributed by atoms with Gasteiger partial charge in [-0.2, -0.15) is 0 Å². The van der Waals surface area contributed by atoms with Gasteiger partial charge in [0.15, 0.2) is 0 Å². The van der Waals surface area contributed by atoms with E-state index < -0.39 is 66.8 Å². The molecular weight excluding hydrogens is 532 g/mol. The summed E-state index contributed by atoms with van der Waals surface area (Å²) in [6.45, 7) is 2.95. The van der Waals surface area contributed by atoms with Crippen molar-refractivity contribution in [2.24, 2.45) is 0 Å². The molecule has 10 unspecified atom stereocenters. The summed E-state index contributed by atoms with van der Waals surface area (Å²) in [5, 5.41) is 70.8. The number of hydrogen-bond donors (Lipinski definition) is 7. The van der Waals surface area contributed by atoms with Gasteiger partial charge in [-0.15, -0.1) is 0 Å². The minimum absolute atomic E-state index is 0.00267. The van der Waals surface area contributed by atoms with Crippen molar-refractivity contribution in [3.05, 3.63) is 52.9 Å². The number of benzene rings is 2. The van der Waals surface area contributed by atoms with E-state index in [1.165, 1.54) is 56.5 Å². The Balaban J connectivity index is 1.58. The van der Waals surface area contributed by atoms with Crippen molar-refractivity contribution in [1.82, 2.24) is 0 Å². The van der Waals surface area contributed by atoms with Gasteiger partial charge in [0.25, 0.3) is 0 Å². The number of aliphatic hydroxyl groups excluding tert-OH is 6. The first-order valence-corrected chi connectivity index (χ1v) is 12.6. The minimum Gasteiger partial charge on any atom is -0.508 e. The molecule has 13 nitrogen and oxygen atoms in total. The second-order valence-corrected chi connectivity index (χ2v) is 9.92. The van der Waals surface area contributed by atoms with E-state index in [0.29, 0.717) is 5.56 Å². The molecule has 2 fully saturated rings. The van der Waals surface area contributed by atoms with Gasteiger partial charge in [0.05, 0.1) is 17.8 Å². The van der Waals surface area contributed by atoms with Gasteiger partial charge in [0.1, 0.15) is 71.1 Å². The maximum atomic E-state index is 13.7. The molecule has 0 saturated carbocycles. The number of fused-ring (bicyclic) bond motifs is 1. The topological polar surface area (TPSA) is 209 Å². The van der Waals surface area contributed by atoms with Crippen LogP contribution in [0.15, 0.2) is 51.9 Å². The van der Waals surface area contributed by atoms with Crippen LogP contribution in [0.5, 0.6) is 17.2 Å². The smallest absolute Gasteiger partial charge is 0.229 e. The molecule has 3 aromatic rings. The van der Waals surface area contributed by atoms with Crippen LogP contribution in [0.1, 0.15) is 13.8 Å². The molecule has 0 aliphatic carbocycles. The summed E-state index contributed by atoms with van der Waals surface area (Å²) in [6, 6.07) is 8.39. The number of aliphatic hydroxyl groups is 6. The molecule has 40 heavy (non-hydrogen) atoms. The van der Waals surface area contributed by atoms with E-state index in [1.807, 2.05) is 0 Å². The van der Waals surface area contributed by atoms with Gasteiger partial charge in [-0.3, -0.25) is 4.79 Å². The molecule has 0 bridgehead atoms. The second-order valence-electron chi connectivity index (χ2n) is 9.92. The number of rotatable bonds is 5. The highest BCUT2D eigenvalue weighted by molar-refractivity contribution is 5.88. The van der Waals surface area contributed by atoms with Crippen molar-refractivity contribution in [3.8, 4) is 28.4 Å². The van der Waals surface area contributed by atoms with Crippen molar-refractivity contribution < 1.29 is 59.1 Å². The van der Waals surface area contributed by atoms with Crippen LogP contribution in [-0.4, -0.2) is 97.2 Å². The molecule has 1 aromatic heterocycles. The molecule has 2 saturated heterocycles. The first-order valence-electron chi connectivity index (χ1n) is 12.6. The summed E-state index contributed by atoms with van der Waals surface area (Å²) < 4.78 is 28.4. The molecule has 0 radical (unpaired) electrons. The minimum atomic E-state index is -1.70. The van der Waals surface area contributed by atoms with Crippen molar-refractivity contribution in [3.63, 3.8) is 0 Å². The van der Waals surface area contributed by atoms with Gasteiger partial charge in [-0.05, 0) is 31.5 Å². The third kappa shape index (κ3) is 5.13. The lowest BCUT2D eigenvalue weighted by Gasteiger charge is -2.39. The fourth-order valence-electron chi connectivity index (χ4n) is 4.68. The lowest BCUT2D eigenvalue weighted by atomic mass is 10.00. The van der Waals surface area contributed by atoms with Crippen LogP contribution in [0.4, 0.5) is 0 Å². The monoisotopic (exact) mass is 562 g/mol. The molecule has 2 aliphatic heterocycles. The average Bonchev–Trinajstić information content (AvgIpc) is 2.93. The number of phenolic OH excluding ortho intramolecular Hbond substituents is 1. The Morgan fingerprint density at radius 3 is 1.85 bits per heavy atom. The van der Waals surface area contributed by atoms with E-state index in [1.54, 1.807) is 0 Å². The zero-order valence-electron chi connectivity index (χ0n) is 21.4. The summed E-state index contributed by atoms with van der Waals surface area (Å²) in [5.74, 6) is -0.237. The third-order valence-corrected chi connectivity index (χ3v) is 7.11. The van der Waals surface area contributed by atoms with E-state index in [9.17, 15) is 40.5 Å². The lowest BCUT2D eigenvalue weighted by Crippen LogP contribution is -2.58. The summed E-state index contributed by atoms with van der Waals surface area (Å²) in [5.41, 5.74) is -0.0236. The molecule has 5 rings (SSSR count). The standard InChI is InChI=1S/C27H30O13/c1-10-19(29)22(32)24(34)26(37-10)39-14-7-16-18(21(31)15(9-36-16)12-3-5-13(28)6-4-12)17(8-14)40-27-25(35)23(33)20(30)11(2)38-27/h3-11,19-20,22-30,32-35H,1-2H3. The molecule has 0 spiro atoms. The van der Waals surface area contributed by atoms with E-state index in [-0.39, 0.29) is 33.8 Å². The van der Waals surface area contributed by atoms with Crippen molar-refractivity contribution in [2.45, 2.75) is 75.3 Å². The van der Waals surface area contributed by atoms with E-state index in [2.05, 4.69) is 0 Å². The van der Waals surface area contributed by atoms with E-state index in [0.717, 1.165) is 0 Å². The van der Waals surface area contributed by atoms with Gasteiger partial charge in [-0.25, -0.2) is 0 Å². The predicted molar refractivity (Wildman–Crippen MR) is 136 cm³/mol. The normalized spacial score (nSPS) is 34.5. The van der Waals surface area contributed by atoms with Crippen LogP contribution in [0, 0.1) is 0 Å². The molecule has 0 amide bonds. The van der Waals surface area contributed by atoms with Gasteiger partial charge in [-0.1, -0.05) is 12.1 Å². The Bertz CT molecular complexity index is 1410. The van der Waals surface area contributed by atoms with Gasteiger partial charge in [0, 0.05) is 12.1 Å². The highest BCUT2D eigenvalue weighted by atomic mass is 16.7. The predicted octanol–water partition coefficient (Wildman–Crippen LogP) is -0.422. The summed E-state index contributed by atoms with van der Waals surface area (Å²) >= 11 is 0. The van der Waals surface area contributed by atoms with Crippen LogP contribution in [0.2, 0.25) is 0 Å². The van der Waals surface area contributed by atoms with Crippen LogP contribution in [0.3, 0.4) is 0 Å². The molecular formula is C27H30O13. The van der Waals surface area contributed by atoms with Gasteiger partial charge < -0.3 is 59.1 Å². The van der Waals surface area contributed by atoms with Crippen LogP contribution in [-0.2, 0) is 9.47 Å². The van der Waals surface area contributed by atoms with E-state index in [4.69, 9.17) is 23.4 Å². The van der Waals surface area contributed by atoms with E-state index >= 15 is 0 Å². The average molecular weight is 563 g/mol. The molecule has 10 atom stereocenters. The number of aromatic hydroxyl groups is 1. The van der Waals surface area contributed by atoms with Gasteiger partial charge in [0.2, 0.25) is 18.0 Å². The third-order valence-electron chi connectivity index (χ3n) is 7.11. The van der Waals surface area contributed by atoms with Crippen LogP contribution >= 0.6 is 0 Å². The molecule has 3 heterocycles. The Morgan fingerprint density at radius 1 is 0.725 bits per heavy atom. The summed E-state index contributed by atoms with van der Waals surface area (Å²) in [6.07, 6.45) is -12.8. The van der Waals surface area contributed by atoms with Gasteiger partial charge >= 0.3 is 0 Å². The molecule has 216 valence electrons. The lowest BCUT2D eigenvalue weighted by molar-refractivity contribution is -0.269. The van der Waals surface area contributed by atoms with Crippen molar-refractivity contribution in [2.75, 3.05) is 0 Å². The maximum absolute atomic E-state index is 13.7. The maximum Gasteiger partial charge on any atom is 0.229 e. The molecule has 2 aromatic carbocycles. The fourth-order valence-corrected chi connectivity index (χ4v) is 4.68. The molecule has 7 N–H and O–H groups in total. The number of phenols is 1. The largest absolute Gasteiger partial charge is 0.508 e. The SMILES string of the molecule is CC1OC(Oc2cc(OC3OC(C)C(O)C(O)C3O)c3c(=O)c(-c4ccc(O)cc4)coc3c2)C(O)C(O)C1O. The second kappa shape index (κ2) is 11.0. The van der Waals surface area contributed by atoms with Crippen LogP contribution in [0.25, 0.3) is 22.1 Å². The number of hydrogen-bond acceptors (Lipinski definition) is 13. The van der Waals surface area contributed by atoms with Crippen molar-refractivity contribution >= 4 is 11.0 Å². The first kappa shape index (κ1) is 28.3.